The maximum Gasteiger partial charge on any atom is 0.225 e. The molecule has 0 spiro atoms. The molecule has 14 nitrogen and oxygen atoms in total. The Morgan fingerprint density at radius 2 is 0.743 bits per heavy atom. The Bertz CT molecular complexity index is 2100. The minimum Gasteiger partial charge on any atom is -0.356 e. The van der Waals surface area contributed by atoms with Crippen LogP contribution in [0.5, 0.6) is 0 Å². The first-order valence-electron chi connectivity index (χ1n) is 24.2. The molecule has 14 heteroatoms. The Morgan fingerprint density at radius 1 is 0.429 bits per heavy atom. The van der Waals surface area contributed by atoms with Crippen LogP contribution < -0.4 is 10.6 Å². The van der Waals surface area contributed by atoms with E-state index >= 15 is 0 Å². The first-order chi connectivity index (χ1) is 34.3. The van der Waals surface area contributed by atoms with Gasteiger partial charge in [-0.1, -0.05) is 146 Å². The van der Waals surface area contributed by atoms with Crippen molar-refractivity contribution in [2.45, 2.75) is 88.1 Å². The predicted octanol–water partition coefficient (Wildman–Crippen LogP) is 8.03. The van der Waals surface area contributed by atoms with Crippen LogP contribution in [0, 0.1) is 0 Å². The van der Waals surface area contributed by atoms with Crippen molar-refractivity contribution in [3.05, 3.63) is 179 Å². The second kappa shape index (κ2) is 27.9. The summed E-state index contributed by atoms with van der Waals surface area (Å²) >= 11 is 0. The number of methoxy groups -OCH3 is 4. The summed E-state index contributed by atoms with van der Waals surface area (Å²) in [5.41, 5.74) is 6.23. The molecule has 2 aliphatic rings. The number of nitrogens with zero attached hydrogens (tertiary/aromatic N) is 2. The van der Waals surface area contributed by atoms with Crippen LogP contribution in [0.1, 0.15) is 83.2 Å². The molecule has 2 N–H and O–H groups in total. The molecular weight excluding hydrogens is 889 g/mol. The Kier molecular flexibility index (Phi) is 20.9. The van der Waals surface area contributed by atoms with Gasteiger partial charge in [0.1, 0.15) is 0 Å². The summed E-state index contributed by atoms with van der Waals surface area (Å²) in [5.74, 6) is -0.413. The number of hydrogen-bond acceptors (Lipinski definition) is 12. The summed E-state index contributed by atoms with van der Waals surface area (Å²) in [4.78, 5) is 31.7. The molecule has 8 atom stereocenters. The van der Waals surface area contributed by atoms with E-state index in [0.717, 1.165) is 33.4 Å². The Labute approximate surface area is 413 Å². The molecule has 0 aliphatic carbocycles. The quantitative estimate of drug-likeness (QED) is 0.125. The molecule has 2 fully saturated rings. The van der Waals surface area contributed by atoms with E-state index in [1.165, 1.54) is 0 Å². The summed E-state index contributed by atoms with van der Waals surface area (Å²) in [6.45, 7) is 3.43. The van der Waals surface area contributed by atoms with Gasteiger partial charge in [-0.25, -0.2) is 0 Å². The fourth-order valence-electron chi connectivity index (χ4n) is 9.01. The number of carbonyl (C=O) groups is 2. The van der Waals surface area contributed by atoms with E-state index in [-0.39, 0.29) is 63.2 Å². The molecule has 70 heavy (non-hydrogen) atoms. The van der Waals surface area contributed by atoms with Crippen molar-refractivity contribution in [3.8, 4) is 0 Å². The van der Waals surface area contributed by atoms with Gasteiger partial charge in [-0.15, -0.1) is 0 Å². The van der Waals surface area contributed by atoms with E-state index < -0.39 is 37.2 Å². The number of hydrogen-bond donors (Lipinski definition) is 2. The smallest absolute Gasteiger partial charge is 0.225 e. The summed E-state index contributed by atoms with van der Waals surface area (Å²) in [5, 5.41) is 6.26. The van der Waals surface area contributed by atoms with Gasteiger partial charge in [-0.2, -0.15) is 0 Å². The van der Waals surface area contributed by atoms with E-state index in [0.29, 0.717) is 39.0 Å². The molecule has 0 saturated carbocycles. The zero-order valence-electron chi connectivity index (χ0n) is 40.9. The average molecular weight is 959 g/mol. The molecule has 5 aromatic carbocycles. The molecule has 2 aliphatic heterocycles. The van der Waals surface area contributed by atoms with Crippen molar-refractivity contribution < 1.29 is 47.5 Å². The maximum absolute atomic E-state index is 13.5. The highest BCUT2D eigenvalue weighted by Crippen LogP contribution is 2.29. The average Bonchev–Trinajstić information content (AvgIpc) is 3.40. The third kappa shape index (κ3) is 15.8. The molecule has 0 bridgehead atoms. The van der Waals surface area contributed by atoms with Crippen LogP contribution in [0.15, 0.2) is 146 Å². The van der Waals surface area contributed by atoms with Gasteiger partial charge in [-0.05, 0) is 33.4 Å². The molecule has 7 rings (SSSR count). The molecular formula is C56H70N4O10. The third-order valence-electron chi connectivity index (χ3n) is 13.0. The number of rotatable bonds is 12. The lowest BCUT2D eigenvalue weighted by molar-refractivity contribution is -0.161. The summed E-state index contributed by atoms with van der Waals surface area (Å²) < 4.78 is 49.0. The van der Waals surface area contributed by atoms with Crippen molar-refractivity contribution in [2.24, 2.45) is 0 Å². The highest BCUT2D eigenvalue weighted by molar-refractivity contribution is 5.77. The van der Waals surface area contributed by atoms with Crippen LogP contribution in [0.25, 0.3) is 0 Å². The SMILES string of the molecule is CO[C@H]1CC(=O)N[C@H](c2ccccc2)CO[C@H](OC)CCN(Cc2ccc(CN3CC[C@@H](OC)OC[C@@H](c4ccccc4)NC(=O)C[C@H](OC)OC[C@H]3c3ccccc3)cc2)[C@H](c2ccccc2)CO1. The minimum atomic E-state index is -0.763. The van der Waals surface area contributed by atoms with Crippen LogP contribution >= 0.6 is 0 Å². The first kappa shape index (κ1) is 52.5. The maximum atomic E-state index is 13.5. The van der Waals surface area contributed by atoms with Crippen LogP contribution in [0.3, 0.4) is 0 Å². The van der Waals surface area contributed by atoms with Crippen LogP contribution in [0.2, 0.25) is 0 Å². The van der Waals surface area contributed by atoms with E-state index in [2.05, 4.69) is 69.0 Å². The fourth-order valence-corrected chi connectivity index (χ4v) is 9.01. The van der Waals surface area contributed by atoms with Gasteiger partial charge in [-0.3, -0.25) is 19.4 Å². The van der Waals surface area contributed by atoms with E-state index in [9.17, 15) is 9.59 Å². The lowest BCUT2D eigenvalue weighted by Gasteiger charge is -2.35. The van der Waals surface area contributed by atoms with Crippen molar-refractivity contribution in [1.82, 2.24) is 20.4 Å². The van der Waals surface area contributed by atoms with Gasteiger partial charge in [0, 0.05) is 67.5 Å². The Hall–Kier alpha value is -5.36. The number of carbonyl (C=O) groups excluding carboxylic acids is 2. The molecule has 0 aromatic heterocycles. The topological polar surface area (TPSA) is 139 Å². The molecule has 374 valence electrons. The molecule has 0 unspecified atom stereocenters. The Balaban J connectivity index is 1.13. The minimum absolute atomic E-state index is 0.0166. The van der Waals surface area contributed by atoms with E-state index in [1.807, 2.05) is 97.1 Å². The molecule has 0 radical (unpaired) electrons. The Morgan fingerprint density at radius 3 is 1.07 bits per heavy atom. The van der Waals surface area contributed by atoms with Gasteiger partial charge >= 0.3 is 0 Å². The molecule has 2 heterocycles. The normalized spacial score (nSPS) is 25.7. The van der Waals surface area contributed by atoms with Crippen molar-refractivity contribution in [3.63, 3.8) is 0 Å². The summed E-state index contributed by atoms with van der Waals surface area (Å²) in [6, 6.07) is 47.7. The molecule has 5 aromatic rings. The lowest BCUT2D eigenvalue weighted by Crippen LogP contribution is -2.39. The second-order valence-electron chi connectivity index (χ2n) is 17.7. The third-order valence-corrected chi connectivity index (χ3v) is 13.0. The van der Waals surface area contributed by atoms with Gasteiger partial charge in [0.25, 0.3) is 0 Å². The van der Waals surface area contributed by atoms with E-state index in [4.69, 9.17) is 37.9 Å². The fraction of sp³-hybridized carbons (Fsp3) is 0.429. The van der Waals surface area contributed by atoms with Gasteiger partial charge < -0.3 is 48.5 Å². The zero-order chi connectivity index (χ0) is 48.9. The highest BCUT2D eigenvalue weighted by atomic mass is 16.7. The number of nitrogens with one attached hydrogen (secondary N) is 2. The number of amides is 2. The number of benzene rings is 5. The van der Waals surface area contributed by atoms with E-state index in [1.54, 1.807) is 28.4 Å². The lowest BCUT2D eigenvalue weighted by atomic mass is 10.0. The largest absolute Gasteiger partial charge is 0.356 e. The van der Waals surface area contributed by atoms with Crippen LogP contribution in [-0.4, -0.2) is 115 Å². The van der Waals surface area contributed by atoms with Crippen molar-refractivity contribution in [1.29, 1.82) is 0 Å². The molecule has 2 amide bonds. The standard InChI is InChI=1S/C56H70N4O10/c1-63-53-29-31-59(49(45-21-13-7-14-22-45)39-69-55(65-3)33-51(61)57-47(37-67-53)43-17-9-5-10-18-43)35-41-25-27-42(28-26-41)36-60-32-30-54(64-2)68-38-48(44-19-11-6-12-20-44)58-52(62)34-56(66-4)70-40-50(60)46-23-15-8-16-24-46/h5-28,47-50,53-56H,29-40H2,1-4H3,(H,57,61)(H,58,62)/t47-,48-,49-,50-,53-,54-,55+,56+/m0/s1. The van der Waals surface area contributed by atoms with Crippen molar-refractivity contribution in [2.75, 3.05) is 68.0 Å². The van der Waals surface area contributed by atoms with Gasteiger partial charge in [0.2, 0.25) is 11.8 Å². The second-order valence-corrected chi connectivity index (χ2v) is 17.7. The summed E-state index contributed by atoms with van der Waals surface area (Å²) in [6.07, 6.45) is -1.42. The summed E-state index contributed by atoms with van der Waals surface area (Å²) in [7, 11) is 6.44. The molecule has 2 saturated heterocycles. The predicted molar refractivity (Wildman–Crippen MR) is 266 cm³/mol. The first-order valence-corrected chi connectivity index (χ1v) is 24.2. The van der Waals surface area contributed by atoms with Crippen LogP contribution in [-0.2, 0) is 60.6 Å². The van der Waals surface area contributed by atoms with Gasteiger partial charge in [0.05, 0.1) is 63.4 Å². The van der Waals surface area contributed by atoms with Crippen molar-refractivity contribution >= 4 is 11.8 Å². The monoisotopic (exact) mass is 959 g/mol. The van der Waals surface area contributed by atoms with Crippen LogP contribution in [0.4, 0.5) is 0 Å². The number of ether oxygens (including phenoxy) is 8. The highest BCUT2D eigenvalue weighted by Gasteiger charge is 2.30. The zero-order valence-corrected chi connectivity index (χ0v) is 40.9. The van der Waals surface area contributed by atoms with Gasteiger partial charge in [0.15, 0.2) is 25.2 Å².